The number of nitrogens with zero attached hydrogens (tertiary/aromatic N) is 2. The summed E-state index contributed by atoms with van der Waals surface area (Å²) in [4.78, 5) is 22.5. The Hall–Kier alpha value is -2.47. The monoisotopic (exact) mass is 285 g/mol. The predicted molar refractivity (Wildman–Crippen MR) is 78.9 cm³/mol. The van der Waals surface area contributed by atoms with Gasteiger partial charge < -0.3 is 10.1 Å². The molecule has 3 aromatic rings. The molecule has 2 N–H and O–H groups in total. The maximum absolute atomic E-state index is 10.9. The molecule has 20 heavy (non-hydrogen) atoms. The first-order valence-electron chi connectivity index (χ1n) is 5.93. The molecule has 0 unspecified atom stereocenters. The lowest BCUT2D eigenvalue weighted by atomic mass is 10.1. The van der Waals surface area contributed by atoms with Gasteiger partial charge in [-0.3, -0.25) is 4.99 Å². The van der Waals surface area contributed by atoms with E-state index in [4.69, 9.17) is 5.11 Å². The van der Waals surface area contributed by atoms with E-state index in [2.05, 4.69) is 15.0 Å². The molecule has 6 heteroatoms. The Kier molecular flexibility index (Phi) is 3.08. The molecule has 3 rings (SSSR count). The minimum Gasteiger partial charge on any atom is -0.476 e. The van der Waals surface area contributed by atoms with Crippen molar-refractivity contribution in [3.63, 3.8) is 0 Å². The number of thiazole rings is 1. The molecule has 0 spiro atoms. The molecule has 0 saturated carbocycles. The fourth-order valence-corrected chi connectivity index (χ4v) is 2.92. The number of hydrogen-bond acceptors (Lipinski definition) is 4. The Morgan fingerprint density at radius 1 is 1.40 bits per heavy atom. The van der Waals surface area contributed by atoms with Crippen LogP contribution in [0.1, 0.15) is 21.1 Å². The minimum absolute atomic E-state index is 0.0472. The van der Waals surface area contributed by atoms with Crippen LogP contribution < -0.4 is 0 Å². The van der Waals surface area contributed by atoms with Crippen LogP contribution in [0.4, 0.5) is 0 Å². The molecule has 0 aliphatic carbocycles. The number of nitrogens with one attached hydrogen (secondary N) is 1. The number of rotatable bonds is 3. The molecule has 0 fully saturated rings. The van der Waals surface area contributed by atoms with Gasteiger partial charge in [0.05, 0.1) is 0 Å². The van der Waals surface area contributed by atoms with Crippen LogP contribution in [0, 0.1) is 0 Å². The van der Waals surface area contributed by atoms with Crippen molar-refractivity contribution in [1.29, 1.82) is 0 Å². The highest BCUT2D eigenvalue weighted by molar-refractivity contribution is 7.12. The molecule has 0 aliphatic rings. The minimum atomic E-state index is -1.03. The zero-order valence-electron chi connectivity index (χ0n) is 10.6. The second-order valence-corrected chi connectivity index (χ2v) is 5.02. The fraction of sp³-hybridized carbons (Fsp3) is 0.0714. The number of fused-ring (bicyclic) bond motifs is 1. The molecule has 0 aliphatic heterocycles. The molecule has 1 aromatic carbocycles. The lowest BCUT2D eigenvalue weighted by molar-refractivity contribution is 0.0691. The summed E-state index contributed by atoms with van der Waals surface area (Å²) < 4.78 is 0. The zero-order chi connectivity index (χ0) is 14.1. The van der Waals surface area contributed by atoms with Crippen LogP contribution in [0.2, 0.25) is 0 Å². The standard InChI is InChI=1S/C14H11N3O2S/c1-15-12(13-17-11(7-20-13)14(18)19)9-6-16-10-5-3-2-4-8(9)10/h2-7,16H,1H3,(H,18,19). The van der Waals surface area contributed by atoms with Crippen LogP contribution in [0.25, 0.3) is 10.9 Å². The predicted octanol–water partition coefficient (Wildman–Crippen LogP) is 2.79. The average molecular weight is 285 g/mol. The molecule has 0 radical (unpaired) electrons. The second-order valence-electron chi connectivity index (χ2n) is 4.16. The van der Waals surface area contributed by atoms with Gasteiger partial charge in [0.15, 0.2) is 5.69 Å². The Balaban J connectivity index is 2.12. The summed E-state index contributed by atoms with van der Waals surface area (Å²) in [6.07, 6.45) is 1.87. The Morgan fingerprint density at radius 3 is 2.90 bits per heavy atom. The van der Waals surface area contributed by atoms with Gasteiger partial charge in [0.2, 0.25) is 0 Å². The lowest BCUT2D eigenvalue weighted by Gasteiger charge is -2.00. The maximum atomic E-state index is 10.9. The third-order valence-electron chi connectivity index (χ3n) is 2.99. The smallest absolute Gasteiger partial charge is 0.355 e. The number of aromatic amines is 1. The van der Waals surface area contributed by atoms with Crippen LogP contribution in [0.3, 0.4) is 0 Å². The van der Waals surface area contributed by atoms with Crippen molar-refractivity contribution in [2.24, 2.45) is 4.99 Å². The summed E-state index contributed by atoms with van der Waals surface area (Å²) in [5.74, 6) is -1.03. The van der Waals surface area contributed by atoms with E-state index in [0.29, 0.717) is 10.7 Å². The van der Waals surface area contributed by atoms with Crippen molar-refractivity contribution in [3.05, 3.63) is 52.1 Å². The number of aromatic nitrogens is 2. The molecule has 0 saturated heterocycles. The number of carboxylic acid groups (broad SMARTS) is 1. The van der Waals surface area contributed by atoms with Crippen LogP contribution in [0.5, 0.6) is 0 Å². The Bertz CT molecular complexity index is 817. The molecular formula is C14H11N3O2S. The highest BCUT2D eigenvalue weighted by Gasteiger charge is 2.17. The number of carbonyl (C=O) groups is 1. The molecule has 2 heterocycles. The van der Waals surface area contributed by atoms with Crippen molar-refractivity contribution in [2.75, 3.05) is 7.05 Å². The van der Waals surface area contributed by atoms with E-state index in [1.807, 2.05) is 30.5 Å². The third kappa shape index (κ3) is 2.00. The van der Waals surface area contributed by atoms with E-state index in [1.165, 1.54) is 16.7 Å². The van der Waals surface area contributed by atoms with Gasteiger partial charge in [-0.2, -0.15) is 0 Å². The average Bonchev–Trinajstić information content (AvgIpc) is 3.08. The van der Waals surface area contributed by atoms with Crippen LogP contribution in [0.15, 0.2) is 40.8 Å². The quantitative estimate of drug-likeness (QED) is 0.726. The van der Waals surface area contributed by atoms with Gasteiger partial charge in [-0.25, -0.2) is 9.78 Å². The van der Waals surface area contributed by atoms with Gasteiger partial charge in [-0.1, -0.05) is 18.2 Å². The Labute approximate surface area is 118 Å². The first kappa shape index (κ1) is 12.6. The normalized spacial score (nSPS) is 11.9. The number of carboxylic acids is 1. The molecule has 5 nitrogen and oxygen atoms in total. The summed E-state index contributed by atoms with van der Waals surface area (Å²) >= 11 is 1.28. The summed E-state index contributed by atoms with van der Waals surface area (Å²) in [6.45, 7) is 0. The fourth-order valence-electron chi connectivity index (χ4n) is 2.08. The van der Waals surface area contributed by atoms with E-state index in [1.54, 1.807) is 7.05 Å². The van der Waals surface area contributed by atoms with Crippen molar-refractivity contribution in [2.45, 2.75) is 0 Å². The van der Waals surface area contributed by atoms with Gasteiger partial charge in [0.25, 0.3) is 0 Å². The highest BCUT2D eigenvalue weighted by atomic mass is 32.1. The molecule has 0 bridgehead atoms. The number of benzene rings is 1. The lowest BCUT2D eigenvalue weighted by Crippen LogP contribution is -2.04. The molecular weight excluding hydrogens is 274 g/mol. The summed E-state index contributed by atoms with van der Waals surface area (Å²) in [6, 6.07) is 7.89. The number of aliphatic imine (C=N–C) groups is 1. The molecule has 100 valence electrons. The van der Waals surface area contributed by atoms with Crippen LogP contribution in [-0.2, 0) is 0 Å². The van der Waals surface area contributed by atoms with Gasteiger partial charge in [0, 0.05) is 35.1 Å². The number of H-pyrrole nitrogens is 1. The molecule has 0 atom stereocenters. The number of para-hydroxylation sites is 1. The van der Waals surface area contributed by atoms with Crippen molar-refractivity contribution >= 4 is 33.9 Å². The first-order chi connectivity index (χ1) is 9.70. The van der Waals surface area contributed by atoms with E-state index in [9.17, 15) is 4.79 Å². The van der Waals surface area contributed by atoms with Crippen molar-refractivity contribution < 1.29 is 9.90 Å². The van der Waals surface area contributed by atoms with Gasteiger partial charge >= 0.3 is 5.97 Å². The van der Waals surface area contributed by atoms with Gasteiger partial charge in [-0.05, 0) is 6.07 Å². The summed E-state index contributed by atoms with van der Waals surface area (Å²) in [5, 5.41) is 12.1. The maximum Gasteiger partial charge on any atom is 0.355 e. The Morgan fingerprint density at radius 2 is 2.20 bits per heavy atom. The van der Waals surface area contributed by atoms with Gasteiger partial charge in [-0.15, -0.1) is 11.3 Å². The first-order valence-corrected chi connectivity index (χ1v) is 6.81. The number of aromatic carboxylic acids is 1. The molecule has 0 amide bonds. The largest absolute Gasteiger partial charge is 0.476 e. The van der Waals surface area contributed by atoms with Crippen molar-refractivity contribution in [3.8, 4) is 0 Å². The van der Waals surface area contributed by atoms with E-state index < -0.39 is 5.97 Å². The highest BCUT2D eigenvalue weighted by Crippen LogP contribution is 2.23. The summed E-state index contributed by atoms with van der Waals surface area (Å²) in [7, 11) is 1.68. The zero-order valence-corrected chi connectivity index (χ0v) is 11.4. The molecule has 2 aromatic heterocycles. The van der Waals surface area contributed by atoms with Crippen LogP contribution in [-0.4, -0.2) is 33.8 Å². The third-order valence-corrected chi connectivity index (χ3v) is 3.84. The van der Waals surface area contributed by atoms with Gasteiger partial charge in [0.1, 0.15) is 10.7 Å². The van der Waals surface area contributed by atoms with E-state index in [0.717, 1.165) is 16.5 Å². The summed E-state index contributed by atoms with van der Waals surface area (Å²) in [5.41, 5.74) is 2.68. The van der Waals surface area contributed by atoms with E-state index in [-0.39, 0.29) is 5.69 Å². The van der Waals surface area contributed by atoms with Crippen molar-refractivity contribution in [1.82, 2.24) is 9.97 Å². The topological polar surface area (TPSA) is 78.3 Å². The SMILES string of the molecule is CN=C(c1nc(C(=O)O)cs1)c1c[nH]c2ccccc12. The number of hydrogen-bond donors (Lipinski definition) is 2. The van der Waals surface area contributed by atoms with Crippen LogP contribution >= 0.6 is 11.3 Å². The van der Waals surface area contributed by atoms with E-state index >= 15 is 0 Å². The second kappa shape index (κ2) is 4.90.